The van der Waals surface area contributed by atoms with Crippen molar-refractivity contribution in [3.05, 3.63) is 29.8 Å². The van der Waals surface area contributed by atoms with E-state index in [2.05, 4.69) is 12.2 Å². The minimum absolute atomic E-state index is 0.334. The molecule has 0 aromatic heterocycles. The molecule has 1 fully saturated rings. The van der Waals surface area contributed by atoms with Crippen LogP contribution in [-0.4, -0.2) is 24.8 Å². The molecule has 0 aliphatic carbocycles. The molecular weight excluding hydrogens is 238 g/mol. The van der Waals surface area contributed by atoms with E-state index in [9.17, 15) is 5.11 Å². The van der Waals surface area contributed by atoms with Crippen molar-refractivity contribution < 1.29 is 9.84 Å². The smallest absolute Gasteiger partial charge is 0.119 e. The highest BCUT2D eigenvalue weighted by atomic mass is 16.5. The second-order valence-electron chi connectivity index (χ2n) is 5.32. The van der Waals surface area contributed by atoms with Gasteiger partial charge in [-0.3, -0.25) is 0 Å². The third-order valence-electron chi connectivity index (χ3n) is 3.77. The van der Waals surface area contributed by atoms with Crippen molar-refractivity contribution in [2.45, 2.75) is 38.7 Å². The summed E-state index contributed by atoms with van der Waals surface area (Å²) in [5.41, 5.74) is 0.997. The first-order chi connectivity index (χ1) is 9.31. The molecule has 1 saturated heterocycles. The average molecular weight is 263 g/mol. The summed E-state index contributed by atoms with van der Waals surface area (Å²) in [6, 6.07) is 7.90. The lowest BCUT2D eigenvalue weighted by Gasteiger charge is -2.27. The summed E-state index contributed by atoms with van der Waals surface area (Å²) in [6.07, 6.45) is 4.12. The van der Waals surface area contributed by atoms with Gasteiger partial charge in [0.25, 0.3) is 0 Å². The van der Waals surface area contributed by atoms with Crippen molar-refractivity contribution in [2.75, 3.05) is 19.7 Å². The first kappa shape index (κ1) is 14.4. The molecule has 1 aliphatic rings. The van der Waals surface area contributed by atoms with Crippen molar-refractivity contribution in [2.24, 2.45) is 5.92 Å². The molecule has 2 N–H and O–H groups in total. The molecule has 0 amide bonds. The maximum Gasteiger partial charge on any atom is 0.119 e. The molecule has 1 aliphatic heterocycles. The zero-order chi connectivity index (χ0) is 13.5. The van der Waals surface area contributed by atoms with E-state index in [0.29, 0.717) is 5.92 Å². The zero-order valence-corrected chi connectivity index (χ0v) is 11.8. The van der Waals surface area contributed by atoms with Gasteiger partial charge in [-0.15, -0.1) is 0 Å². The van der Waals surface area contributed by atoms with E-state index >= 15 is 0 Å². The number of unbranched alkanes of at least 4 members (excludes halogenated alkanes) is 1. The van der Waals surface area contributed by atoms with E-state index in [1.165, 1.54) is 0 Å². The second-order valence-corrected chi connectivity index (χ2v) is 5.32. The Labute approximate surface area is 116 Å². The largest absolute Gasteiger partial charge is 0.494 e. The van der Waals surface area contributed by atoms with Crippen LogP contribution >= 0.6 is 0 Å². The van der Waals surface area contributed by atoms with Gasteiger partial charge in [-0.2, -0.15) is 0 Å². The minimum atomic E-state index is -0.363. The number of hydrogen-bond acceptors (Lipinski definition) is 3. The van der Waals surface area contributed by atoms with Crippen LogP contribution in [0, 0.1) is 5.92 Å². The molecule has 2 atom stereocenters. The van der Waals surface area contributed by atoms with Crippen LogP contribution in [-0.2, 0) is 0 Å². The first-order valence-corrected chi connectivity index (χ1v) is 7.43. The van der Waals surface area contributed by atoms with Gasteiger partial charge in [0.05, 0.1) is 12.7 Å². The number of rotatable bonds is 6. The number of ether oxygens (including phenoxy) is 1. The van der Waals surface area contributed by atoms with Gasteiger partial charge in [0.2, 0.25) is 0 Å². The van der Waals surface area contributed by atoms with Crippen LogP contribution in [0.3, 0.4) is 0 Å². The number of nitrogens with one attached hydrogen (secondary N) is 1. The Bertz CT molecular complexity index is 358. The van der Waals surface area contributed by atoms with Crippen LogP contribution < -0.4 is 10.1 Å². The van der Waals surface area contributed by atoms with Gasteiger partial charge in [-0.25, -0.2) is 0 Å². The lowest BCUT2D eigenvalue weighted by atomic mass is 9.89. The van der Waals surface area contributed by atoms with Gasteiger partial charge in [0.15, 0.2) is 0 Å². The zero-order valence-electron chi connectivity index (χ0n) is 11.8. The Hall–Kier alpha value is -1.06. The molecule has 2 rings (SSSR count). The maximum atomic E-state index is 10.4. The molecule has 1 aromatic rings. The molecule has 0 saturated carbocycles. The van der Waals surface area contributed by atoms with Crippen molar-refractivity contribution in [3.63, 3.8) is 0 Å². The van der Waals surface area contributed by atoms with E-state index in [4.69, 9.17) is 4.74 Å². The lowest BCUT2D eigenvalue weighted by Crippen LogP contribution is -2.33. The second kappa shape index (κ2) is 7.51. The van der Waals surface area contributed by atoms with E-state index < -0.39 is 0 Å². The number of aliphatic hydroxyl groups is 1. The molecule has 0 spiro atoms. The van der Waals surface area contributed by atoms with Crippen LogP contribution in [0.15, 0.2) is 24.3 Å². The highest BCUT2D eigenvalue weighted by Gasteiger charge is 2.22. The predicted octanol–water partition coefficient (Wildman–Crippen LogP) is 2.90. The number of hydrogen-bond donors (Lipinski definition) is 2. The van der Waals surface area contributed by atoms with Crippen LogP contribution in [0.4, 0.5) is 0 Å². The average Bonchev–Trinajstić information content (AvgIpc) is 2.48. The summed E-state index contributed by atoms with van der Waals surface area (Å²) in [5.74, 6) is 1.23. The van der Waals surface area contributed by atoms with Gasteiger partial charge in [0.1, 0.15) is 5.75 Å². The van der Waals surface area contributed by atoms with Gasteiger partial charge in [-0.1, -0.05) is 25.5 Å². The van der Waals surface area contributed by atoms with Gasteiger partial charge in [0, 0.05) is 12.5 Å². The third kappa shape index (κ3) is 4.22. The molecule has 106 valence electrons. The predicted molar refractivity (Wildman–Crippen MR) is 77.4 cm³/mol. The summed E-state index contributed by atoms with van der Waals surface area (Å²) in [6.45, 7) is 4.91. The third-order valence-corrected chi connectivity index (χ3v) is 3.77. The van der Waals surface area contributed by atoms with Gasteiger partial charge < -0.3 is 15.2 Å². The van der Waals surface area contributed by atoms with Gasteiger partial charge >= 0.3 is 0 Å². The van der Waals surface area contributed by atoms with Crippen LogP contribution in [0.5, 0.6) is 5.75 Å². The lowest BCUT2D eigenvalue weighted by molar-refractivity contribution is 0.0921. The Morgan fingerprint density at radius 3 is 2.79 bits per heavy atom. The molecule has 1 heterocycles. The first-order valence-electron chi connectivity index (χ1n) is 7.43. The summed E-state index contributed by atoms with van der Waals surface area (Å²) in [5, 5.41) is 13.7. The van der Waals surface area contributed by atoms with Crippen LogP contribution in [0.1, 0.15) is 44.3 Å². The standard InChI is InChI=1S/C16H25NO2/c1-2-3-11-19-15-8-6-13(7-9-15)16(18)14-5-4-10-17-12-14/h6-9,14,16-18H,2-5,10-12H2,1H3. The summed E-state index contributed by atoms with van der Waals surface area (Å²) >= 11 is 0. The fourth-order valence-electron chi connectivity index (χ4n) is 2.52. The monoisotopic (exact) mass is 263 g/mol. The van der Waals surface area contributed by atoms with Crippen molar-refractivity contribution >= 4 is 0 Å². The van der Waals surface area contributed by atoms with E-state index in [1.54, 1.807) is 0 Å². The van der Waals surface area contributed by atoms with Crippen molar-refractivity contribution in [3.8, 4) is 5.75 Å². The molecule has 0 bridgehead atoms. The fraction of sp³-hybridized carbons (Fsp3) is 0.625. The van der Waals surface area contributed by atoms with E-state index in [0.717, 1.165) is 56.7 Å². The van der Waals surface area contributed by atoms with Crippen LogP contribution in [0.2, 0.25) is 0 Å². The number of benzene rings is 1. The fourth-order valence-corrected chi connectivity index (χ4v) is 2.52. The Morgan fingerprint density at radius 2 is 2.16 bits per heavy atom. The topological polar surface area (TPSA) is 41.5 Å². The quantitative estimate of drug-likeness (QED) is 0.775. The Balaban J connectivity index is 1.89. The van der Waals surface area contributed by atoms with Gasteiger partial charge in [-0.05, 0) is 43.5 Å². The highest BCUT2D eigenvalue weighted by molar-refractivity contribution is 5.28. The molecule has 3 nitrogen and oxygen atoms in total. The molecule has 1 aromatic carbocycles. The van der Waals surface area contributed by atoms with Crippen molar-refractivity contribution in [1.29, 1.82) is 0 Å². The van der Waals surface area contributed by atoms with Crippen LogP contribution in [0.25, 0.3) is 0 Å². The normalized spacial score (nSPS) is 21.1. The SMILES string of the molecule is CCCCOc1ccc(C(O)C2CCCNC2)cc1. The van der Waals surface area contributed by atoms with E-state index in [-0.39, 0.29) is 6.10 Å². The highest BCUT2D eigenvalue weighted by Crippen LogP contribution is 2.28. The molecule has 19 heavy (non-hydrogen) atoms. The Kier molecular flexibility index (Phi) is 5.67. The summed E-state index contributed by atoms with van der Waals surface area (Å²) < 4.78 is 5.63. The minimum Gasteiger partial charge on any atom is -0.494 e. The molecule has 2 unspecified atom stereocenters. The molecular formula is C16H25NO2. The van der Waals surface area contributed by atoms with E-state index in [1.807, 2.05) is 24.3 Å². The number of piperidine rings is 1. The molecule has 3 heteroatoms. The van der Waals surface area contributed by atoms with Crippen molar-refractivity contribution in [1.82, 2.24) is 5.32 Å². The summed E-state index contributed by atoms with van der Waals surface area (Å²) in [4.78, 5) is 0. The Morgan fingerprint density at radius 1 is 1.37 bits per heavy atom. The molecule has 0 radical (unpaired) electrons. The maximum absolute atomic E-state index is 10.4. The number of aliphatic hydroxyl groups excluding tert-OH is 1. The summed E-state index contributed by atoms with van der Waals surface area (Å²) in [7, 11) is 0.